The molecule has 0 fully saturated rings. The number of fused-ring (bicyclic) bond motifs is 1. The van der Waals surface area contributed by atoms with Crippen LogP contribution in [0.1, 0.15) is 23.0 Å². The van der Waals surface area contributed by atoms with Crippen LogP contribution in [0.4, 0.5) is 5.82 Å². The van der Waals surface area contributed by atoms with Crippen LogP contribution in [0.2, 0.25) is 0 Å². The summed E-state index contributed by atoms with van der Waals surface area (Å²) >= 11 is 1.49. The molecule has 0 spiro atoms. The van der Waals surface area contributed by atoms with Crippen molar-refractivity contribution in [3.05, 3.63) is 40.9 Å². The number of nitrogen functional groups attached to an aromatic ring is 1. The topological polar surface area (TPSA) is 93.6 Å². The molecule has 7 heteroatoms. The van der Waals surface area contributed by atoms with Crippen LogP contribution in [0.15, 0.2) is 35.5 Å². The summed E-state index contributed by atoms with van der Waals surface area (Å²) < 4.78 is 5.03. The van der Waals surface area contributed by atoms with Gasteiger partial charge in [-0.1, -0.05) is 0 Å². The van der Waals surface area contributed by atoms with Gasteiger partial charge in [0.15, 0.2) is 0 Å². The number of nitrogens with zero attached hydrogens (tertiary/aromatic N) is 3. The van der Waals surface area contributed by atoms with Gasteiger partial charge in [0.25, 0.3) is 0 Å². The van der Waals surface area contributed by atoms with Crippen LogP contribution in [0.3, 0.4) is 0 Å². The molecule has 1 atom stereocenters. The van der Waals surface area contributed by atoms with Crippen molar-refractivity contribution in [3.8, 4) is 11.3 Å². The van der Waals surface area contributed by atoms with Crippen molar-refractivity contribution in [1.82, 2.24) is 9.97 Å². The van der Waals surface area contributed by atoms with E-state index in [0.717, 1.165) is 31.9 Å². The number of aliphatic hydroxyl groups is 1. The molecule has 0 bridgehead atoms. The van der Waals surface area contributed by atoms with Crippen molar-refractivity contribution in [2.75, 3.05) is 26.5 Å². The predicted octanol–water partition coefficient (Wildman–Crippen LogP) is 3.06. The highest BCUT2D eigenvalue weighted by atomic mass is 32.1. The van der Waals surface area contributed by atoms with Gasteiger partial charge in [0.05, 0.1) is 11.8 Å². The molecule has 0 aliphatic rings. The number of hydrogen-bond donors (Lipinski definition) is 2. The van der Waals surface area contributed by atoms with Crippen LogP contribution in [-0.4, -0.2) is 42.1 Å². The quantitative estimate of drug-likeness (QED) is 0.662. The summed E-state index contributed by atoms with van der Waals surface area (Å²) in [4.78, 5) is 14.7. The van der Waals surface area contributed by atoms with Crippen molar-refractivity contribution in [3.63, 3.8) is 0 Å². The van der Waals surface area contributed by atoms with E-state index in [0.29, 0.717) is 18.8 Å². The third kappa shape index (κ3) is 3.84. The average molecular weight is 356 g/mol. The number of aromatic nitrogens is 2. The minimum atomic E-state index is -0.534. The van der Waals surface area contributed by atoms with Crippen LogP contribution < -0.4 is 5.73 Å². The molecule has 1 unspecified atom stereocenters. The summed E-state index contributed by atoms with van der Waals surface area (Å²) in [5, 5.41) is 11.2. The first-order valence-electron chi connectivity index (χ1n) is 7.88. The van der Waals surface area contributed by atoms with E-state index < -0.39 is 6.10 Å². The number of methoxy groups -OCH3 is 1. The standard InChI is InChI=1S/C18H20N4O2S/c1-20-9-13-7-12(10-21-17(13)19)14-4-3-11-8-16(25-18(11)22-14)15(23)5-6-24-2/h3-4,7-10,15,23H,5-6H2,1-2H3,(H2,19,21). The number of rotatable bonds is 6. The molecule has 3 rings (SSSR count). The fraction of sp³-hybridized carbons (Fsp3) is 0.278. The van der Waals surface area contributed by atoms with Gasteiger partial charge >= 0.3 is 0 Å². The molecule has 3 N–H and O–H groups in total. The molecule has 25 heavy (non-hydrogen) atoms. The maximum Gasteiger partial charge on any atom is 0.132 e. The van der Waals surface area contributed by atoms with Gasteiger partial charge in [-0.2, -0.15) is 0 Å². The number of aliphatic imine (C=N–C) groups is 1. The van der Waals surface area contributed by atoms with Gasteiger partial charge in [-0.3, -0.25) is 4.99 Å². The molecule has 0 amide bonds. The summed E-state index contributed by atoms with van der Waals surface area (Å²) in [6, 6.07) is 7.85. The molecular weight excluding hydrogens is 336 g/mol. The second-order valence-electron chi connectivity index (χ2n) is 5.62. The number of anilines is 1. The van der Waals surface area contributed by atoms with Crippen LogP contribution in [0, 0.1) is 0 Å². The van der Waals surface area contributed by atoms with E-state index in [1.807, 2.05) is 24.3 Å². The molecule has 0 aromatic carbocycles. The Bertz CT molecular complexity index is 907. The van der Waals surface area contributed by atoms with E-state index in [2.05, 4.69) is 9.98 Å². The molecule has 3 heterocycles. The van der Waals surface area contributed by atoms with Crippen LogP contribution in [-0.2, 0) is 4.74 Å². The van der Waals surface area contributed by atoms with E-state index in [4.69, 9.17) is 15.5 Å². The molecule has 3 aromatic rings. The van der Waals surface area contributed by atoms with Gasteiger partial charge in [-0.25, -0.2) is 9.97 Å². The van der Waals surface area contributed by atoms with E-state index in [9.17, 15) is 5.11 Å². The van der Waals surface area contributed by atoms with E-state index in [-0.39, 0.29) is 0 Å². The molecule has 0 aliphatic carbocycles. The van der Waals surface area contributed by atoms with Crippen molar-refractivity contribution < 1.29 is 9.84 Å². The van der Waals surface area contributed by atoms with E-state index in [1.54, 1.807) is 26.6 Å². The highest BCUT2D eigenvalue weighted by molar-refractivity contribution is 7.18. The molecule has 3 aromatic heterocycles. The van der Waals surface area contributed by atoms with Gasteiger partial charge in [0.2, 0.25) is 0 Å². The SMILES string of the molecule is CN=Cc1cc(-c2ccc3cc(C(O)CCOC)sc3n2)cnc1N. The zero-order valence-electron chi connectivity index (χ0n) is 14.1. The zero-order valence-corrected chi connectivity index (χ0v) is 15.0. The fourth-order valence-corrected chi connectivity index (χ4v) is 3.56. The Labute approximate surface area is 150 Å². The summed E-state index contributed by atoms with van der Waals surface area (Å²) in [5.41, 5.74) is 8.32. The van der Waals surface area contributed by atoms with E-state index >= 15 is 0 Å². The molecule has 130 valence electrons. The minimum absolute atomic E-state index is 0.440. The molecule has 0 aliphatic heterocycles. The zero-order chi connectivity index (χ0) is 17.8. The molecule has 0 saturated heterocycles. The predicted molar refractivity (Wildman–Crippen MR) is 102 cm³/mol. The van der Waals surface area contributed by atoms with Crippen molar-refractivity contribution in [2.45, 2.75) is 12.5 Å². The number of thiophene rings is 1. The summed E-state index contributed by atoms with van der Waals surface area (Å²) in [5.74, 6) is 0.440. The largest absolute Gasteiger partial charge is 0.387 e. The third-order valence-corrected chi connectivity index (χ3v) is 4.99. The van der Waals surface area contributed by atoms with Crippen LogP contribution in [0.25, 0.3) is 21.5 Å². The Morgan fingerprint density at radius 1 is 1.40 bits per heavy atom. The normalized spacial score (nSPS) is 12.9. The third-order valence-electron chi connectivity index (χ3n) is 3.84. The first-order chi connectivity index (χ1) is 12.1. The second-order valence-corrected chi connectivity index (χ2v) is 6.68. The highest BCUT2D eigenvalue weighted by Crippen LogP contribution is 2.32. The minimum Gasteiger partial charge on any atom is -0.387 e. The highest BCUT2D eigenvalue weighted by Gasteiger charge is 2.13. The Kier molecular flexibility index (Phi) is 5.37. The lowest BCUT2D eigenvalue weighted by molar-refractivity contribution is 0.113. The molecular formula is C18H20N4O2S. The number of pyridine rings is 2. The van der Waals surface area contributed by atoms with Crippen molar-refractivity contribution in [1.29, 1.82) is 0 Å². The summed E-state index contributed by atoms with van der Waals surface area (Å²) in [7, 11) is 3.32. The first-order valence-corrected chi connectivity index (χ1v) is 8.69. The number of hydrogen-bond acceptors (Lipinski definition) is 7. The number of nitrogens with two attached hydrogens (primary N) is 1. The Balaban J connectivity index is 1.94. The lowest BCUT2D eigenvalue weighted by Gasteiger charge is -2.06. The Morgan fingerprint density at radius 2 is 2.24 bits per heavy atom. The average Bonchev–Trinajstić information content (AvgIpc) is 3.05. The molecule has 6 nitrogen and oxygen atoms in total. The smallest absolute Gasteiger partial charge is 0.132 e. The lowest BCUT2D eigenvalue weighted by Crippen LogP contribution is -1.99. The van der Waals surface area contributed by atoms with Crippen molar-refractivity contribution in [2.24, 2.45) is 4.99 Å². The Morgan fingerprint density at radius 3 is 3.00 bits per heavy atom. The summed E-state index contributed by atoms with van der Waals surface area (Å²) in [6.07, 6.45) is 3.42. The lowest BCUT2D eigenvalue weighted by atomic mass is 10.1. The maximum atomic E-state index is 10.2. The van der Waals surface area contributed by atoms with Gasteiger partial charge in [0.1, 0.15) is 10.6 Å². The van der Waals surface area contributed by atoms with Crippen LogP contribution >= 0.6 is 11.3 Å². The molecule has 0 saturated carbocycles. The number of aliphatic hydroxyl groups excluding tert-OH is 1. The number of ether oxygens (including phenoxy) is 1. The van der Waals surface area contributed by atoms with Crippen LogP contribution in [0.5, 0.6) is 0 Å². The van der Waals surface area contributed by atoms with Gasteiger partial charge < -0.3 is 15.6 Å². The maximum absolute atomic E-state index is 10.2. The monoisotopic (exact) mass is 356 g/mol. The first kappa shape index (κ1) is 17.5. The van der Waals surface area contributed by atoms with Gasteiger partial charge in [-0.05, 0) is 24.3 Å². The summed E-state index contributed by atoms with van der Waals surface area (Å²) in [6.45, 7) is 0.521. The van der Waals surface area contributed by atoms with Gasteiger partial charge in [-0.15, -0.1) is 11.3 Å². The van der Waals surface area contributed by atoms with Gasteiger partial charge in [0, 0.05) is 61.0 Å². The van der Waals surface area contributed by atoms with E-state index in [1.165, 1.54) is 11.3 Å². The Hall–Kier alpha value is -2.35. The van der Waals surface area contributed by atoms with Crippen molar-refractivity contribution >= 4 is 33.6 Å². The fourth-order valence-electron chi connectivity index (χ4n) is 2.51. The molecule has 0 radical (unpaired) electrons. The second kappa shape index (κ2) is 7.69.